The average molecular weight is 250 g/mol. The minimum atomic E-state index is -0.103. The van der Waals surface area contributed by atoms with Gasteiger partial charge in [0.05, 0.1) is 0 Å². The van der Waals surface area contributed by atoms with Crippen LogP contribution in [0.15, 0.2) is 24.3 Å². The molecule has 1 N–H and O–H groups in total. The molecule has 1 aliphatic heterocycles. The highest BCUT2D eigenvalue weighted by atomic mass is 19.1. The van der Waals surface area contributed by atoms with Crippen molar-refractivity contribution in [3.05, 3.63) is 35.6 Å². The van der Waals surface area contributed by atoms with Crippen LogP contribution in [0.25, 0.3) is 0 Å². The highest BCUT2D eigenvalue weighted by Crippen LogP contribution is 2.24. The van der Waals surface area contributed by atoms with Crippen molar-refractivity contribution < 1.29 is 4.39 Å². The number of hydrogen-bond donors (Lipinski definition) is 1. The summed E-state index contributed by atoms with van der Waals surface area (Å²) in [5, 5.41) is 3.62. The maximum absolute atomic E-state index is 13.6. The molecular weight excluding hydrogens is 227 g/mol. The standard InChI is InChI=1S/C15H23FN2/c1-3-15(9-6-10-17-15)12-18(2)11-13-7-4-5-8-14(13)16/h4-5,7-8,17H,3,6,9-12H2,1-2H3. The third-order valence-electron chi connectivity index (χ3n) is 3.98. The highest BCUT2D eigenvalue weighted by molar-refractivity contribution is 5.17. The molecule has 1 aromatic carbocycles. The van der Waals surface area contributed by atoms with E-state index in [1.54, 1.807) is 6.07 Å². The molecule has 1 aliphatic rings. The van der Waals surface area contributed by atoms with Crippen LogP contribution in [-0.2, 0) is 6.54 Å². The molecule has 100 valence electrons. The Hall–Kier alpha value is -0.930. The maximum Gasteiger partial charge on any atom is 0.127 e. The number of hydrogen-bond acceptors (Lipinski definition) is 2. The van der Waals surface area contributed by atoms with Crippen LogP contribution in [0.3, 0.4) is 0 Å². The van der Waals surface area contributed by atoms with E-state index in [4.69, 9.17) is 0 Å². The fraction of sp³-hybridized carbons (Fsp3) is 0.600. The second-order valence-corrected chi connectivity index (χ2v) is 5.43. The summed E-state index contributed by atoms with van der Waals surface area (Å²) in [6.45, 7) is 5.00. The van der Waals surface area contributed by atoms with E-state index in [-0.39, 0.29) is 11.4 Å². The molecule has 1 atom stereocenters. The molecule has 1 saturated heterocycles. The van der Waals surface area contributed by atoms with Crippen molar-refractivity contribution in [1.82, 2.24) is 10.2 Å². The number of nitrogens with zero attached hydrogens (tertiary/aromatic N) is 1. The fourth-order valence-corrected chi connectivity index (χ4v) is 2.91. The Bertz CT molecular complexity index is 386. The van der Waals surface area contributed by atoms with E-state index >= 15 is 0 Å². The molecular formula is C15H23FN2. The van der Waals surface area contributed by atoms with Crippen LogP contribution in [0.4, 0.5) is 4.39 Å². The van der Waals surface area contributed by atoms with Gasteiger partial charge in [0, 0.05) is 24.2 Å². The van der Waals surface area contributed by atoms with E-state index in [2.05, 4.69) is 24.2 Å². The van der Waals surface area contributed by atoms with Crippen LogP contribution < -0.4 is 5.32 Å². The molecule has 18 heavy (non-hydrogen) atoms. The molecule has 1 unspecified atom stereocenters. The predicted octanol–water partition coefficient (Wildman–Crippen LogP) is 2.79. The van der Waals surface area contributed by atoms with Gasteiger partial charge in [0.15, 0.2) is 0 Å². The highest BCUT2D eigenvalue weighted by Gasteiger charge is 2.32. The van der Waals surface area contributed by atoms with Gasteiger partial charge in [-0.3, -0.25) is 0 Å². The first-order valence-electron chi connectivity index (χ1n) is 6.82. The lowest BCUT2D eigenvalue weighted by Gasteiger charge is -2.33. The van der Waals surface area contributed by atoms with E-state index in [0.717, 1.165) is 25.1 Å². The Labute approximate surface area is 109 Å². The molecule has 2 nitrogen and oxygen atoms in total. The Morgan fingerprint density at radius 3 is 2.78 bits per heavy atom. The van der Waals surface area contributed by atoms with E-state index in [0.29, 0.717) is 6.54 Å². The van der Waals surface area contributed by atoms with Gasteiger partial charge in [-0.15, -0.1) is 0 Å². The van der Waals surface area contributed by atoms with E-state index in [1.807, 2.05) is 12.1 Å². The summed E-state index contributed by atoms with van der Waals surface area (Å²) >= 11 is 0. The van der Waals surface area contributed by atoms with Crippen LogP contribution in [0.5, 0.6) is 0 Å². The van der Waals surface area contributed by atoms with Gasteiger partial charge >= 0.3 is 0 Å². The zero-order valence-electron chi connectivity index (χ0n) is 11.4. The lowest BCUT2D eigenvalue weighted by molar-refractivity contribution is 0.212. The predicted molar refractivity (Wildman–Crippen MR) is 73.0 cm³/mol. The molecule has 2 rings (SSSR count). The summed E-state index contributed by atoms with van der Waals surface area (Å²) < 4.78 is 13.6. The van der Waals surface area contributed by atoms with Crippen LogP contribution >= 0.6 is 0 Å². The lowest BCUT2D eigenvalue weighted by Crippen LogP contribution is -2.48. The average Bonchev–Trinajstić information content (AvgIpc) is 2.81. The Kier molecular flexibility index (Phi) is 4.36. The summed E-state index contributed by atoms with van der Waals surface area (Å²) in [4.78, 5) is 2.22. The number of halogens is 1. The normalized spacial score (nSPS) is 23.8. The molecule has 0 bridgehead atoms. The molecule has 1 aromatic rings. The first-order valence-corrected chi connectivity index (χ1v) is 6.82. The van der Waals surface area contributed by atoms with Crippen molar-refractivity contribution in [2.45, 2.75) is 38.3 Å². The van der Waals surface area contributed by atoms with Crippen molar-refractivity contribution in [3.63, 3.8) is 0 Å². The minimum Gasteiger partial charge on any atom is -0.310 e. The molecule has 0 amide bonds. The van der Waals surface area contributed by atoms with Gasteiger partial charge in [-0.2, -0.15) is 0 Å². The van der Waals surface area contributed by atoms with Crippen molar-refractivity contribution in [2.75, 3.05) is 20.1 Å². The number of rotatable bonds is 5. The van der Waals surface area contributed by atoms with Gasteiger partial charge in [-0.25, -0.2) is 4.39 Å². The lowest BCUT2D eigenvalue weighted by atomic mass is 9.93. The monoisotopic (exact) mass is 250 g/mol. The quantitative estimate of drug-likeness (QED) is 0.864. The third-order valence-corrected chi connectivity index (χ3v) is 3.98. The third kappa shape index (κ3) is 3.09. The first kappa shape index (κ1) is 13.5. The van der Waals surface area contributed by atoms with Gasteiger partial charge in [-0.1, -0.05) is 25.1 Å². The molecule has 0 aromatic heterocycles. The van der Waals surface area contributed by atoms with Crippen molar-refractivity contribution in [1.29, 1.82) is 0 Å². The summed E-state index contributed by atoms with van der Waals surface area (Å²) in [5.41, 5.74) is 1.02. The van der Waals surface area contributed by atoms with Crippen LogP contribution in [0.2, 0.25) is 0 Å². The maximum atomic E-state index is 13.6. The number of nitrogens with one attached hydrogen (secondary N) is 1. The SMILES string of the molecule is CCC1(CN(C)Cc2ccccc2F)CCCN1. The Morgan fingerprint density at radius 1 is 1.39 bits per heavy atom. The van der Waals surface area contributed by atoms with Gasteiger partial charge in [-0.05, 0) is 38.9 Å². The smallest absolute Gasteiger partial charge is 0.127 e. The second-order valence-electron chi connectivity index (χ2n) is 5.43. The largest absolute Gasteiger partial charge is 0.310 e. The van der Waals surface area contributed by atoms with Gasteiger partial charge in [0.1, 0.15) is 5.82 Å². The van der Waals surface area contributed by atoms with Gasteiger partial charge < -0.3 is 10.2 Å². The molecule has 0 spiro atoms. The summed E-state index contributed by atoms with van der Waals surface area (Å²) in [5.74, 6) is -0.103. The van der Waals surface area contributed by atoms with E-state index in [1.165, 1.54) is 18.9 Å². The van der Waals surface area contributed by atoms with Gasteiger partial charge in [0.25, 0.3) is 0 Å². The Morgan fingerprint density at radius 2 is 2.17 bits per heavy atom. The van der Waals surface area contributed by atoms with Crippen LogP contribution in [-0.4, -0.2) is 30.6 Å². The zero-order valence-corrected chi connectivity index (χ0v) is 11.4. The molecule has 1 fully saturated rings. The minimum absolute atomic E-state index is 0.103. The number of benzene rings is 1. The van der Waals surface area contributed by atoms with Crippen molar-refractivity contribution >= 4 is 0 Å². The summed E-state index contributed by atoms with van der Waals surface area (Å²) in [7, 11) is 2.07. The first-order chi connectivity index (χ1) is 8.65. The van der Waals surface area contributed by atoms with Crippen molar-refractivity contribution in [3.8, 4) is 0 Å². The summed E-state index contributed by atoms with van der Waals surface area (Å²) in [6.07, 6.45) is 3.61. The van der Waals surface area contributed by atoms with Crippen LogP contribution in [0, 0.1) is 5.82 Å². The van der Waals surface area contributed by atoms with E-state index in [9.17, 15) is 4.39 Å². The summed E-state index contributed by atoms with van der Waals surface area (Å²) in [6, 6.07) is 7.04. The van der Waals surface area contributed by atoms with Crippen LogP contribution in [0.1, 0.15) is 31.7 Å². The number of likely N-dealkylation sites (N-methyl/N-ethyl adjacent to an activating group) is 1. The molecule has 0 radical (unpaired) electrons. The molecule has 0 saturated carbocycles. The van der Waals surface area contributed by atoms with Crippen molar-refractivity contribution in [2.24, 2.45) is 0 Å². The fourth-order valence-electron chi connectivity index (χ4n) is 2.91. The zero-order chi connectivity index (χ0) is 13.0. The second kappa shape index (κ2) is 5.81. The molecule has 3 heteroatoms. The van der Waals surface area contributed by atoms with Gasteiger partial charge in [0.2, 0.25) is 0 Å². The van der Waals surface area contributed by atoms with E-state index < -0.39 is 0 Å². The Balaban J connectivity index is 1.96. The molecule has 1 heterocycles. The topological polar surface area (TPSA) is 15.3 Å². The molecule has 0 aliphatic carbocycles.